The van der Waals surface area contributed by atoms with Crippen LogP contribution in [0.15, 0.2) is 0 Å². The first-order valence-corrected chi connectivity index (χ1v) is 24.0. The monoisotopic (exact) mass is 912 g/mol. The van der Waals surface area contributed by atoms with Crippen LogP contribution < -0.4 is 39.7 Å². The first kappa shape index (κ1) is 60.1. The van der Waals surface area contributed by atoms with Gasteiger partial charge in [-0.15, -0.1) is 0 Å². The summed E-state index contributed by atoms with van der Waals surface area (Å²) in [6.45, 7) is 3.69. The largest absolute Gasteiger partial charge is 0.368 e. The molecule has 0 saturated carbocycles. The van der Waals surface area contributed by atoms with Gasteiger partial charge in [-0.2, -0.15) is 0 Å². The van der Waals surface area contributed by atoms with Crippen molar-refractivity contribution in [2.75, 3.05) is 124 Å². The predicted octanol–water partition coefficient (Wildman–Crippen LogP) is -0.892. The van der Waals surface area contributed by atoms with E-state index in [4.69, 9.17) is 34.4 Å². The zero-order valence-corrected chi connectivity index (χ0v) is 39.8. The van der Waals surface area contributed by atoms with Crippen LogP contribution in [0.5, 0.6) is 0 Å². The van der Waals surface area contributed by atoms with E-state index in [-0.39, 0.29) is 91.0 Å². The van der Waals surface area contributed by atoms with Crippen molar-refractivity contribution in [1.82, 2.24) is 34.7 Å². The number of primary amides is 1. The number of carbonyl (C=O) groups is 7. The average molecular weight is 912 g/mol. The second-order valence-electron chi connectivity index (χ2n) is 16.4. The molecule has 0 aromatic rings. The van der Waals surface area contributed by atoms with E-state index in [0.717, 1.165) is 51.4 Å². The van der Waals surface area contributed by atoms with Gasteiger partial charge in [0.2, 0.25) is 41.4 Å². The number of nitrogens with two attached hydrogens (primary N) is 6. The van der Waals surface area contributed by atoms with Gasteiger partial charge < -0.3 is 69.1 Å². The Bertz CT molecular complexity index is 1310. The lowest BCUT2D eigenvalue weighted by atomic mass is 10.1. The quantitative estimate of drug-likeness (QED) is 0.0366. The van der Waals surface area contributed by atoms with Gasteiger partial charge in [-0.3, -0.25) is 33.6 Å². The molecule has 20 heteroatoms. The molecule has 0 atom stereocenters. The lowest BCUT2D eigenvalue weighted by Gasteiger charge is -2.32. The van der Waals surface area contributed by atoms with Crippen LogP contribution in [0, 0.1) is 0 Å². The van der Waals surface area contributed by atoms with E-state index in [1.54, 1.807) is 0 Å². The number of hydrogen-bond acceptors (Lipinski definition) is 13. The van der Waals surface area contributed by atoms with Gasteiger partial charge in [-0.25, -0.2) is 0 Å². The van der Waals surface area contributed by atoms with Crippen molar-refractivity contribution in [2.24, 2.45) is 34.4 Å². The summed E-state index contributed by atoms with van der Waals surface area (Å²) in [7, 11) is 0. The Labute approximate surface area is 384 Å². The molecule has 0 aliphatic heterocycles. The van der Waals surface area contributed by atoms with Crippen molar-refractivity contribution >= 4 is 41.4 Å². The molecule has 0 heterocycles. The van der Waals surface area contributed by atoms with Crippen LogP contribution in [0.2, 0.25) is 0 Å². The third-order valence-electron chi connectivity index (χ3n) is 10.9. The van der Waals surface area contributed by atoms with E-state index in [9.17, 15) is 33.6 Å². The first-order valence-electron chi connectivity index (χ1n) is 24.0. The van der Waals surface area contributed by atoms with Crippen molar-refractivity contribution in [3.63, 3.8) is 0 Å². The van der Waals surface area contributed by atoms with Crippen molar-refractivity contribution in [1.29, 1.82) is 0 Å². The summed E-state index contributed by atoms with van der Waals surface area (Å²) in [5.74, 6) is -3.59. The summed E-state index contributed by atoms with van der Waals surface area (Å²) in [4.78, 5) is 102. The Morgan fingerprint density at radius 2 is 0.609 bits per heavy atom. The molecule has 0 unspecified atom stereocenters. The van der Waals surface area contributed by atoms with Crippen LogP contribution in [0.25, 0.3) is 0 Å². The number of nitrogens with one attached hydrogen (secondary N) is 1. The standard InChI is InChI=1S/C44H89N13O7/c1-3-5-7-9-11-13-15-17-25-52(32-38(50)58)40(60)33-53(26-18-16-14-12-10-8-6-4-2)41(61)35-55(28-21-47)43(63)37-57(30-23-49)44(64)36-56(29-22-48)42(62)34-54(27-20-46)39(59)31-51-24-19-45/h51H,3-37,45-49H2,1-2H3,(H2,50,58). The molecular formula is C44H89N13O7. The van der Waals surface area contributed by atoms with Crippen molar-refractivity contribution in [2.45, 2.75) is 117 Å². The second kappa shape index (κ2) is 39.4. The Morgan fingerprint density at radius 3 is 0.891 bits per heavy atom. The molecule has 0 fully saturated rings. The van der Waals surface area contributed by atoms with Crippen LogP contribution in [0.4, 0.5) is 0 Å². The summed E-state index contributed by atoms with van der Waals surface area (Å²) in [6.07, 6.45) is 16.7. The van der Waals surface area contributed by atoms with Gasteiger partial charge in [-0.1, -0.05) is 104 Å². The summed E-state index contributed by atoms with van der Waals surface area (Å²) in [5, 5.41) is 2.90. The molecule has 64 heavy (non-hydrogen) atoms. The summed E-state index contributed by atoms with van der Waals surface area (Å²) in [6, 6.07) is 0. The van der Waals surface area contributed by atoms with E-state index >= 15 is 0 Å². The summed E-state index contributed by atoms with van der Waals surface area (Å²) >= 11 is 0. The molecule has 13 N–H and O–H groups in total. The molecule has 0 aromatic carbocycles. The average Bonchev–Trinajstić information content (AvgIpc) is 3.26. The van der Waals surface area contributed by atoms with Gasteiger partial charge in [0.25, 0.3) is 0 Å². The fraction of sp³-hybridized carbons (Fsp3) is 0.841. The minimum absolute atomic E-state index is 0.00225. The van der Waals surface area contributed by atoms with Gasteiger partial charge in [0, 0.05) is 78.5 Å². The van der Waals surface area contributed by atoms with Gasteiger partial charge >= 0.3 is 0 Å². The summed E-state index contributed by atoms with van der Waals surface area (Å²) < 4.78 is 0. The van der Waals surface area contributed by atoms with Crippen LogP contribution in [-0.2, 0) is 33.6 Å². The van der Waals surface area contributed by atoms with E-state index < -0.39 is 55.1 Å². The Kier molecular flexibility index (Phi) is 37.0. The van der Waals surface area contributed by atoms with E-state index in [0.29, 0.717) is 32.5 Å². The summed E-state index contributed by atoms with van der Waals surface area (Å²) in [5.41, 5.74) is 34.3. The number of carbonyl (C=O) groups excluding carboxylic acids is 7. The fourth-order valence-electron chi connectivity index (χ4n) is 7.16. The molecule has 0 saturated heterocycles. The number of rotatable bonds is 42. The van der Waals surface area contributed by atoms with E-state index in [1.807, 2.05) is 0 Å². The molecule has 0 bridgehead atoms. The highest BCUT2D eigenvalue weighted by Gasteiger charge is 2.29. The predicted molar refractivity (Wildman–Crippen MR) is 252 cm³/mol. The van der Waals surface area contributed by atoms with Crippen molar-refractivity contribution in [3.05, 3.63) is 0 Å². The maximum Gasteiger partial charge on any atom is 0.242 e. The van der Waals surface area contributed by atoms with Gasteiger partial charge in [0.1, 0.15) is 0 Å². The molecule has 0 aliphatic rings. The minimum Gasteiger partial charge on any atom is -0.368 e. The normalized spacial score (nSPS) is 11.0. The number of nitrogens with zero attached hydrogens (tertiary/aromatic N) is 6. The van der Waals surface area contributed by atoms with Crippen molar-refractivity contribution < 1.29 is 33.6 Å². The van der Waals surface area contributed by atoms with Crippen LogP contribution in [-0.4, -0.2) is 195 Å². The molecular weight excluding hydrogens is 823 g/mol. The number of unbranched alkanes of at least 4 members (excludes halogenated alkanes) is 14. The third kappa shape index (κ3) is 28.8. The van der Waals surface area contributed by atoms with E-state index in [1.165, 1.54) is 67.9 Å². The van der Waals surface area contributed by atoms with E-state index in [2.05, 4.69) is 19.2 Å². The molecule has 0 aromatic heterocycles. The number of hydrogen-bond donors (Lipinski definition) is 7. The second-order valence-corrected chi connectivity index (χ2v) is 16.4. The molecule has 0 spiro atoms. The number of amides is 7. The molecule has 372 valence electrons. The highest BCUT2D eigenvalue weighted by Crippen LogP contribution is 2.12. The lowest BCUT2D eigenvalue weighted by Crippen LogP contribution is -2.53. The van der Waals surface area contributed by atoms with Gasteiger partial charge in [-0.05, 0) is 12.8 Å². The minimum atomic E-state index is -0.643. The Morgan fingerprint density at radius 1 is 0.344 bits per heavy atom. The molecule has 0 aliphatic carbocycles. The zero-order chi connectivity index (χ0) is 48.0. The lowest BCUT2D eigenvalue weighted by molar-refractivity contribution is -0.147. The highest BCUT2D eigenvalue weighted by atomic mass is 16.2. The molecule has 7 amide bonds. The van der Waals surface area contributed by atoms with Crippen LogP contribution in [0.1, 0.15) is 117 Å². The first-order chi connectivity index (χ1) is 30.8. The SMILES string of the molecule is CCCCCCCCCCN(CC(N)=O)C(=O)CN(CCCCCCCCCC)C(=O)CN(CCN)C(=O)CN(CCN)C(=O)CN(CCN)C(=O)CN(CCN)C(=O)CNCCN. The van der Waals surface area contributed by atoms with Crippen LogP contribution in [0.3, 0.4) is 0 Å². The zero-order valence-electron chi connectivity index (χ0n) is 39.8. The maximum atomic E-state index is 14.1. The maximum absolute atomic E-state index is 14.1. The van der Waals surface area contributed by atoms with Gasteiger partial charge in [0.05, 0.1) is 45.8 Å². The fourth-order valence-corrected chi connectivity index (χ4v) is 7.16. The molecule has 20 nitrogen and oxygen atoms in total. The highest BCUT2D eigenvalue weighted by molar-refractivity contribution is 5.92. The topological polar surface area (TPSA) is 307 Å². The molecule has 0 rings (SSSR count). The molecule has 0 radical (unpaired) electrons. The van der Waals surface area contributed by atoms with Crippen molar-refractivity contribution in [3.8, 4) is 0 Å². The smallest absolute Gasteiger partial charge is 0.242 e. The van der Waals surface area contributed by atoms with Gasteiger partial charge in [0.15, 0.2) is 0 Å². The third-order valence-corrected chi connectivity index (χ3v) is 10.9. The van der Waals surface area contributed by atoms with Crippen LogP contribution >= 0.6 is 0 Å². The Balaban J connectivity index is 6.06. The Hall–Kier alpha value is -3.95.